The van der Waals surface area contributed by atoms with Crippen LogP contribution in [-0.4, -0.2) is 5.16 Å². The monoisotopic (exact) mass is 332 g/mol. The van der Waals surface area contributed by atoms with E-state index in [9.17, 15) is 0 Å². The molecule has 3 unspecified atom stereocenters. The first-order chi connectivity index (χ1) is 9.72. The molecular weight excluding hydrogens is 316 g/mol. The second-order valence-electron chi connectivity index (χ2n) is 6.10. The van der Waals surface area contributed by atoms with Crippen molar-refractivity contribution in [2.75, 3.05) is 5.73 Å². The molecule has 1 heterocycles. The number of nitrogens with zero attached hydrogens (tertiary/aromatic N) is 1. The van der Waals surface area contributed by atoms with Gasteiger partial charge in [-0.05, 0) is 48.8 Å². The Hall–Kier alpha value is -1.29. The topological polar surface area (TPSA) is 52.0 Å². The molecule has 4 rings (SSSR count). The van der Waals surface area contributed by atoms with Crippen molar-refractivity contribution in [1.82, 2.24) is 5.16 Å². The Kier molecular flexibility index (Phi) is 2.88. The van der Waals surface area contributed by atoms with E-state index in [1.54, 1.807) is 0 Å². The lowest BCUT2D eigenvalue weighted by atomic mass is 9.84. The first kappa shape index (κ1) is 12.5. The fraction of sp³-hybridized carbons (Fsp3) is 0.438. The fourth-order valence-corrected chi connectivity index (χ4v) is 4.48. The lowest BCUT2D eigenvalue weighted by Crippen LogP contribution is -2.10. The number of nitrogens with two attached hydrogens (primary N) is 1. The summed E-state index contributed by atoms with van der Waals surface area (Å²) in [5, 5.41) is 4.31. The molecule has 3 nitrogen and oxygen atoms in total. The molecule has 4 heteroatoms. The van der Waals surface area contributed by atoms with Gasteiger partial charge in [0.15, 0.2) is 0 Å². The first-order valence-electron chi connectivity index (χ1n) is 7.23. The number of rotatable bonds is 2. The van der Waals surface area contributed by atoms with Gasteiger partial charge in [0.05, 0.1) is 11.3 Å². The Morgan fingerprint density at radius 1 is 1.25 bits per heavy atom. The number of fused-ring (bicyclic) bond motifs is 2. The molecule has 104 valence electrons. The maximum absolute atomic E-state index is 6.04. The zero-order valence-electron chi connectivity index (χ0n) is 11.2. The SMILES string of the molecule is Nc1onc(C2CC3CCC2C3)c1-c1cccc(Br)c1. The maximum atomic E-state index is 6.04. The highest BCUT2D eigenvalue weighted by Gasteiger charge is 2.43. The van der Waals surface area contributed by atoms with Crippen molar-refractivity contribution in [2.24, 2.45) is 11.8 Å². The zero-order chi connectivity index (χ0) is 13.7. The summed E-state index contributed by atoms with van der Waals surface area (Å²) >= 11 is 3.52. The van der Waals surface area contributed by atoms with Crippen LogP contribution in [0.5, 0.6) is 0 Å². The average Bonchev–Trinajstić information content (AvgIpc) is 3.12. The molecule has 20 heavy (non-hydrogen) atoms. The van der Waals surface area contributed by atoms with Crippen LogP contribution in [-0.2, 0) is 0 Å². The van der Waals surface area contributed by atoms with E-state index in [4.69, 9.17) is 10.3 Å². The molecule has 2 N–H and O–H groups in total. The van der Waals surface area contributed by atoms with E-state index in [0.717, 1.165) is 33.1 Å². The number of aromatic nitrogens is 1. The van der Waals surface area contributed by atoms with Crippen LogP contribution in [0, 0.1) is 11.8 Å². The largest absolute Gasteiger partial charge is 0.367 e. The van der Waals surface area contributed by atoms with Gasteiger partial charge in [-0.2, -0.15) is 0 Å². The Morgan fingerprint density at radius 2 is 2.15 bits per heavy atom. The highest BCUT2D eigenvalue weighted by Crippen LogP contribution is 2.54. The van der Waals surface area contributed by atoms with Crippen molar-refractivity contribution in [2.45, 2.75) is 31.6 Å². The van der Waals surface area contributed by atoms with Crippen molar-refractivity contribution in [3.63, 3.8) is 0 Å². The highest BCUT2D eigenvalue weighted by atomic mass is 79.9. The minimum absolute atomic E-state index is 0.445. The molecule has 2 fully saturated rings. The summed E-state index contributed by atoms with van der Waals surface area (Å²) in [5.74, 6) is 2.64. The molecule has 0 amide bonds. The summed E-state index contributed by atoms with van der Waals surface area (Å²) < 4.78 is 6.37. The minimum atomic E-state index is 0.445. The van der Waals surface area contributed by atoms with Gasteiger partial charge in [0.1, 0.15) is 0 Å². The quantitative estimate of drug-likeness (QED) is 0.874. The second kappa shape index (κ2) is 4.62. The Bertz CT molecular complexity index is 652. The predicted molar refractivity (Wildman–Crippen MR) is 82.2 cm³/mol. The van der Waals surface area contributed by atoms with Crippen LogP contribution in [0.15, 0.2) is 33.3 Å². The Labute approximate surface area is 126 Å². The van der Waals surface area contributed by atoms with Crippen molar-refractivity contribution in [1.29, 1.82) is 0 Å². The molecule has 2 aromatic rings. The summed E-state index contributed by atoms with van der Waals surface area (Å²) in [6.07, 6.45) is 5.33. The first-order valence-corrected chi connectivity index (χ1v) is 8.02. The number of halogens is 1. The smallest absolute Gasteiger partial charge is 0.230 e. The molecule has 3 atom stereocenters. The lowest BCUT2D eigenvalue weighted by Gasteiger charge is -2.20. The van der Waals surface area contributed by atoms with Crippen LogP contribution in [0.25, 0.3) is 11.1 Å². The number of hydrogen-bond donors (Lipinski definition) is 1. The van der Waals surface area contributed by atoms with Gasteiger partial charge < -0.3 is 10.3 Å². The molecule has 1 aromatic heterocycles. The van der Waals surface area contributed by atoms with E-state index in [1.165, 1.54) is 25.7 Å². The van der Waals surface area contributed by atoms with E-state index < -0.39 is 0 Å². The fourth-order valence-electron chi connectivity index (χ4n) is 4.08. The predicted octanol–water partition coefficient (Wildman–Crippen LogP) is 4.59. The lowest BCUT2D eigenvalue weighted by molar-refractivity contribution is 0.375. The van der Waals surface area contributed by atoms with Gasteiger partial charge in [0.25, 0.3) is 0 Å². The normalized spacial score (nSPS) is 28.1. The molecule has 0 radical (unpaired) electrons. The third-order valence-corrected chi connectivity index (χ3v) is 5.44. The van der Waals surface area contributed by atoms with Gasteiger partial charge in [-0.15, -0.1) is 0 Å². The van der Waals surface area contributed by atoms with Crippen LogP contribution in [0.4, 0.5) is 5.88 Å². The molecular formula is C16H17BrN2O. The molecule has 0 spiro atoms. The summed E-state index contributed by atoms with van der Waals surface area (Å²) in [5.41, 5.74) is 9.22. The highest BCUT2D eigenvalue weighted by molar-refractivity contribution is 9.10. The molecule has 1 aromatic carbocycles. The van der Waals surface area contributed by atoms with E-state index in [0.29, 0.717) is 11.8 Å². The van der Waals surface area contributed by atoms with Crippen LogP contribution in [0.3, 0.4) is 0 Å². The number of anilines is 1. The van der Waals surface area contributed by atoms with Crippen LogP contribution in [0.2, 0.25) is 0 Å². The number of nitrogen functional groups attached to an aromatic ring is 1. The van der Waals surface area contributed by atoms with Crippen LogP contribution < -0.4 is 5.73 Å². The summed E-state index contributed by atoms with van der Waals surface area (Å²) in [6, 6.07) is 8.20. The van der Waals surface area contributed by atoms with E-state index >= 15 is 0 Å². The van der Waals surface area contributed by atoms with Gasteiger partial charge in [-0.1, -0.05) is 39.6 Å². The van der Waals surface area contributed by atoms with Gasteiger partial charge in [-0.25, -0.2) is 0 Å². The van der Waals surface area contributed by atoms with Gasteiger partial charge in [0, 0.05) is 10.4 Å². The molecule has 2 saturated carbocycles. The second-order valence-corrected chi connectivity index (χ2v) is 7.01. The van der Waals surface area contributed by atoms with E-state index in [1.807, 2.05) is 12.1 Å². The van der Waals surface area contributed by atoms with E-state index in [2.05, 4.69) is 33.2 Å². The third kappa shape index (κ3) is 1.89. The molecule has 0 saturated heterocycles. The van der Waals surface area contributed by atoms with Crippen molar-refractivity contribution in [3.05, 3.63) is 34.4 Å². The molecule has 2 aliphatic rings. The van der Waals surface area contributed by atoms with Gasteiger partial charge >= 0.3 is 0 Å². The summed E-state index contributed by atoms with van der Waals surface area (Å²) in [6.45, 7) is 0. The Balaban J connectivity index is 1.78. The minimum Gasteiger partial charge on any atom is -0.367 e. The standard InChI is InChI=1S/C16H17BrN2O/c17-12-3-1-2-11(8-12)14-15(19-20-16(14)18)13-7-9-4-5-10(13)6-9/h1-3,8-10,13H,4-7,18H2. The van der Waals surface area contributed by atoms with Crippen molar-refractivity contribution < 1.29 is 4.52 Å². The van der Waals surface area contributed by atoms with Gasteiger partial charge in [-0.3, -0.25) is 0 Å². The van der Waals surface area contributed by atoms with Crippen molar-refractivity contribution >= 4 is 21.8 Å². The Morgan fingerprint density at radius 3 is 2.85 bits per heavy atom. The molecule has 2 bridgehead atoms. The zero-order valence-corrected chi connectivity index (χ0v) is 12.8. The van der Waals surface area contributed by atoms with E-state index in [-0.39, 0.29) is 0 Å². The molecule has 0 aliphatic heterocycles. The van der Waals surface area contributed by atoms with Gasteiger partial charge in [0.2, 0.25) is 5.88 Å². The molecule has 2 aliphatic carbocycles. The van der Waals surface area contributed by atoms with Crippen molar-refractivity contribution in [3.8, 4) is 11.1 Å². The third-order valence-electron chi connectivity index (χ3n) is 4.95. The van der Waals surface area contributed by atoms with Crippen LogP contribution in [0.1, 0.15) is 37.3 Å². The number of hydrogen-bond acceptors (Lipinski definition) is 3. The summed E-state index contributed by atoms with van der Waals surface area (Å²) in [7, 11) is 0. The average molecular weight is 333 g/mol. The maximum Gasteiger partial charge on any atom is 0.230 e. The number of benzene rings is 1. The summed E-state index contributed by atoms with van der Waals surface area (Å²) in [4.78, 5) is 0. The van der Waals surface area contributed by atoms with Crippen LogP contribution >= 0.6 is 15.9 Å².